The molecule has 0 aromatic heterocycles. The molecule has 2 nitrogen and oxygen atoms in total. The Morgan fingerprint density at radius 2 is 1.81 bits per heavy atom. The van der Waals surface area contributed by atoms with Gasteiger partial charge in [-0.25, -0.2) is 0 Å². The van der Waals surface area contributed by atoms with E-state index >= 15 is 0 Å². The van der Waals surface area contributed by atoms with Gasteiger partial charge >= 0.3 is 0 Å². The summed E-state index contributed by atoms with van der Waals surface area (Å²) < 4.78 is 5.65. The summed E-state index contributed by atoms with van der Waals surface area (Å²) in [4.78, 5) is 0. The van der Waals surface area contributed by atoms with E-state index in [0.717, 1.165) is 12.3 Å². The Bertz CT molecular complexity index is 245. The van der Waals surface area contributed by atoms with Crippen LogP contribution >= 0.6 is 0 Å². The van der Waals surface area contributed by atoms with Crippen molar-refractivity contribution in [1.82, 2.24) is 5.32 Å². The number of ether oxygens (including phenoxy) is 1. The number of methoxy groups -OCH3 is 1. The Morgan fingerprint density at radius 1 is 1.19 bits per heavy atom. The molecule has 0 bridgehead atoms. The van der Waals surface area contributed by atoms with Crippen LogP contribution in [0.2, 0.25) is 0 Å². The smallest absolute Gasteiger partial charge is 0.0731 e. The van der Waals surface area contributed by atoms with Gasteiger partial charge in [0.25, 0.3) is 0 Å². The van der Waals surface area contributed by atoms with E-state index in [4.69, 9.17) is 4.74 Å². The van der Waals surface area contributed by atoms with Gasteiger partial charge < -0.3 is 10.1 Å². The molecule has 0 spiro atoms. The van der Waals surface area contributed by atoms with Crippen molar-refractivity contribution < 1.29 is 4.74 Å². The first-order valence-corrected chi connectivity index (χ1v) is 6.78. The first kappa shape index (κ1) is 12.4. The lowest BCUT2D eigenvalue weighted by Gasteiger charge is -2.59. The molecule has 0 amide bonds. The summed E-state index contributed by atoms with van der Waals surface area (Å²) in [7, 11) is 1.84. The van der Waals surface area contributed by atoms with Crippen molar-refractivity contribution in [2.75, 3.05) is 13.7 Å². The molecule has 94 valence electrons. The summed E-state index contributed by atoms with van der Waals surface area (Å²) in [6.45, 7) is 8.10. The SMILES string of the molecule is COC1(C)CC(NCC2CCCC2)C1(C)C. The van der Waals surface area contributed by atoms with Gasteiger partial charge in [-0.3, -0.25) is 0 Å². The summed E-state index contributed by atoms with van der Waals surface area (Å²) in [5, 5.41) is 3.76. The van der Waals surface area contributed by atoms with Gasteiger partial charge in [-0.05, 0) is 38.6 Å². The zero-order chi connectivity index (χ0) is 11.8. The molecular formula is C14H27NO. The van der Waals surface area contributed by atoms with Crippen LogP contribution in [0.3, 0.4) is 0 Å². The number of hydrogen-bond acceptors (Lipinski definition) is 2. The van der Waals surface area contributed by atoms with Crippen molar-refractivity contribution in [1.29, 1.82) is 0 Å². The third-order valence-electron chi connectivity index (χ3n) is 5.41. The van der Waals surface area contributed by atoms with Crippen molar-refractivity contribution in [2.45, 2.75) is 64.5 Å². The zero-order valence-electron chi connectivity index (χ0n) is 11.3. The molecule has 2 saturated carbocycles. The Morgan fingerprint density at radius 3 is 2.31 bits per heavy atom. The van der Waals surface area contributed by atoms with Crippen molar-refractivity contribution in [2.24, 2.45) is 11.3 Å². The fourth-order valence-electron chi connectivity index (χ4n) is 3.34. The minimum absolute atomic E-state index is 0.0698. The third kappa shape index (κ3) is 1.91. The highest BCUT2D eigenvalue weighted by Gasteiger charge is 2.57. The molecule has 0 radical (unpaired) electrons. The van der Waals surface area contributed by atoms with Crippen LogP contribution in [0.25, 0.3) is 0 Å². The maximum Gasteiger partial charge on any atom is 0.0731 e. The minimum Gasteiger partial charge on any atom is -0.378 e. The Kier molecular flexibility index (Phi) is 3.33. The van der Waals surface area contributed by atoms with Crippen LogP contribution < -0.4 is 5.32 Å². The molecule has 2 heteroatoms. The lowest BCUT2D eigenvalue weighted by molar-refractivity contribution is -0.180. The van der Waals surface area contributed by atoms with E-state index in [1.807, 2.05) is 7.11 Å². The van der Waals surface area contributed by atoms with Crippen molar-refractivity contribution in [3.8, 4) is 0 Å². The molecule has 0 heterocycles. The minimum atomic E-state index is 0.0698. The van der Waals surface area contributed by atoms with Crippen LogP contribution in [-0.2, 0) is 4.74 Å². The van der Waals surface area contributed by atoms with Crippen molar-refractivity contribution >= 4 is 0 Å². The predicted molar refractivity (Wildman–Crippen MR) is 67.6 cm³/mol. The molecule has 2 rings (SSSR count). The molecule has 0 saturated heterocycles. The molecule has 2 aliphatic carbocycles. The van der Waals surface area contributed by atoms with Gasteiger partial charge in [0.1, 0.15) is 0 Å². The molecule has 2 atom stereocenters. The molecule has 0 aromatic rings. The maximum atomic E-state index is 5.65. The monoisotopic (exact) mass is 225 g/mol. The summed E-state index contributed by atoms with van der Waals surface area (Å²) in [5.74, 6) is 0.935. The largest absolute Gasteiger partial charge is 0.378 e. The van der Waals surface area contributed by atoms with Gasteiger partial charge in [0.05, 0.1) is 5.60 Å². The summed E-state index contributed by atoms with van der Waals surface area (Å²) in [6.07, 6.45) is 6.90. The van der Waals surface area contributed by atoms with Gasteiger partial charge in [-0.1, -0.05) is 26.7 Å². The van der Waals surface area contributed by atoms with Crippen LogP contribution in [0, 0.1) is 11.3 Å². The molecular weight excluding hydrogens is 198 g/mol. The van der Waals surface area contributed by atoms with E-state index in [2.05, 4.69) is 26.1 Å². The number of hydrogen-bond donors (Lipinski definition) is 1. The molecule has 0 aromatic carbocycles. The maximum absolute atomic E-state index is 5.65. The van der Waals surface area contributed by atoms with E-state index < -0.39 is 0 Å². The Hall–Kier alpha value is -0.0800. The van der Waals surface area contributed by atoms with Gasteiger partial charge in [-0.15, -0.1) is 0 Å². The molecule has 16 heavy (non-hydrogen) atoms. The summed E-state index contributed by atoms with van der Waals surface area (Å²) in [6, 6.07) is 0.637. The highest BCUT2D eigenvalue weighted by atomic mass is 16.5. The van der Waals surface area contributed by atoms with Gasteiger partial charge in [0, 0.05) is 18.6 Å². The molecule has 1 N–H and O–H groups in total. The Labute approximate surface area is 100 Å². The molecule has 2 unspecified atom stereocenters. The van der Waals surface area contributed by atoms with E-state index in [-0.39, 0.29) is 11.0 Å². The highest BCUT2D eigenvalue weighted by molar-refractivity contribution is 5.11. The summed E-state index contributed by atoms with van der Waals surface area (Å²) in [5.41, 5.74) is 0.334. The topological polar surface area (TPSA) is 21.3 Å². The fraction of sp³-hybridized carbons (Fsp3) is 1.00. The second-order valence-corrected chi connectivity index (χ2v) is 6.47. The lowest BCUT2D eigenvalue weighted by atomic mass is 9.56. The van der Waals surface area contributed by atoms with Crippen LogP contribution in [0.1, 0.15) is 52.9 Å². The van der Waals surface area contributed by atoms with E-state index in [1.165, 1.54) is 32.2 Å². The van der Waals surface area contributed by atoms with Gasteiger partial charge in [0.2, 0.25) is 0 Å². The van der Waals surface area contributed by atoms with E-state index in [1.54, 1.807) is 0 Å². The zero-order valence-corrected chi connectivity index (χ0v) is 11.3. The molecule has 2 fully saturated rings. The fourth-order valence-corrected chi connectivity index (χ4v) is 3.34. The van der Waals surface area contributed by atoms with Crippen LogP contribution in [-0.4, -0.2) is 25.3 Å². The second-order valence-electron chi connectivity index (χ2n) is 6.47. The average molecular weight is 225 g/mol. The first-order valence-electron chi connectivity index (χ1n) is 6.78. The highest BCUT2D eigenvalue weighted by Crippen LogP contribution is 2.51. The first-order chi connectivity index (χ1) is 7.49. The van der Waals surface area contributed by atoms with Crippen molar-refractivity contribution in [3.05, 3.63) is 0 Å². The summed E-state index contributed by atoms with van der Waals surface area (Å²) >= 11 is 0. The molecule has 0 aliphatic heterocycles. The number of nitrogens with one attached hydrogen (secondary N) is 1. The third-order valence-corrected chi connectivity index (χ3v) is 5.41. The van der Waals surface area contributed by atoms with Crippen LogP contribution in [0.15, 0.2) is 0 Å². The van der Waals surface area contributed by atoms with E-state index in [0.29, 0.717) is 6.04 Å². The van der Waals surface area contributed by atoms with Crippen LogP contribution in [0.5, 0.6) is 0 Å². The second kappa shape index (κ2) is 4.30. The number of rotatable bonds is 4. The molecule has 2 aliphatic rings. The van der Waals surface area contributed by atoms with Crippen molar-refractivity contribution in [3.63, 3.8) is 0 Å². The predicted octanol–water partition coefficient (Wildman–Crippen LogP) is 2.97. The van der Waals surface area contributed by atoms with Gasteiger partial charge in [-0.2, -0.15) is 0 Å². The Balaban J connectivity index is 1.80. The lowest BCUT2D eigenvalue weighted by Crippen LogP contribution is -2.68. The normalized spacial score (nSPS) is 38.6. The standard InChI is InChI=1S/C14H27NO/c1-13(2)12(9-14(13,3)16-4)15-10-11-7-5-6-8-11/h11-12,15H,5-10H2,1-4H3. The van der Waals surface area contributed by atoms with Gasteiger partial charge in [0.15, 0.2) is 0 Å². The van der Waals surface area contributed by atoms with E-state index in [9.17, 15) is 0 Å². The van der Waals surface area contributed by atoms with Crippen LogP contribution in [0.4, 0.5) is 0 Å². The quantitative estimate of drug-likeness (QED) is 0.794. The average Bonchev–Trinajstić information content (AvgIpc) is 2.76.